The van der Waals surface area contributed by atoms with Crippen LogP contribution in [0.1, 0.15) is 12.0 Å². The first-order valence-electron chi connectivity index (χ1n) is 5.32. The van der Waals surface area contributed by atoms with Gasteiger partial charge in [-0.05, 0) is 30.2 Å². The smallest absolute Gasteiger partial charge is 0.123 e. The molecule has 1 aromatic rings. The first-order valence-corrected chi connectivity index (χ1v) is 5.32. The summed E-state index contributed by atoms with van der Waals surface area (Å²) in [6.07, 6.45) is 3.15. The van der Waals surface area contributed by atoms with Crippen molar-refractivity contribution >= 4 is 11.3 Å². The van der Waals surface area contributed by atoms with Crippen LogP contribution in [0.25, 0.3) is 5.57 Å². The first kappa shape index (κ1) is 8.77. The molecule has 2 aliphatic rings. The van der Waals surface area contributed by atoms with E-state index in [2.05, 4.69) is 10.6 Å². The van der Waals surface area contributed by atoms with Gasteiger partial charge in [-0.3, -0.25) is 0 Å². The second-order valence-corrected chi connectivity index (χ2v) is 4.11. The van der Waals surface area contributed by atoms with Gasteiger partial charge in [0.05, 0.1) is 0 Å². The van der Waals surface area contributed by atoms with Gasteiger partial charge in [0.1, 0.15) is 5.82 Å². The maximum atomic E-state index is 13.2. The Morgan fingerprint density at radius 3 is 3.20 bits per heavy atom. The van der Waals surface area contributed by atoms with E-state index in [-0.39, 0.29) is 5.82 Å². The molecular formula is C12H13FN2. The summed E-state index contributed by atoms with van der Waals surface area (Å²) in [4.78, 5) is 0. The molecule has 15 heavy (non-hydrogen) atoms. The SMILES string of the molecule is Fc1ccc2c(c1)C1=CNCCC1CN2. The molecule has 2 N–H and O–H groups in total. The minimum absolute atomic E-state index is 0.164. The maximum Gasteiger partial charge on any atom is 0.123 e. The molecule has 0 radical (unpaired) electrons. The van der Waals surface area contributed by atoms with Crippen molar-refractivity contribution in [2.45, 2.75) is 6.42 Å². The molecule has 0 amide bonds. The van der Waals surface area contributed by atoms with Crippen LogP contribution < -0.4 is 10.6 Å². The van der Waals surface area contributed by atoms with E-state index in [1.165, 1.54) is 11.6 Å². The van der Waals surface area contributed by atoms with Gasteiger partial charge in [-0.15, -0.1) is 0 Å². The standard InChI is InChI=1S/C12H13FN2/c13-9-1-2-12-10(5-9)11-7-14-4-3-8(11)6-15-12/h1-2,5,7-8,14-15H,3-4,6H2. The van der Waals surface area contributed by atoms with Crippen molar-refractivity contribution in [1.82, 2.24) is 5.32 Å². The van der Waals surface area contributed by atoms with E-state index >= 15 is 0 Å². The molecule has 3 heteroatoms. The fourth-order valence-electron chi connectivity index (χ4n) is 2.37. The summed E-state index contributed by atoms with van der Waals surface area (Å²) in [6.45, 7) is 1.98. The summed E-state index contributed by atoms with van der Waals surface area (Å²) in [5.41, 5.74) is 3.30. The quantitative estimate of drug-likeness (QED) is 0.677. The predicted octanol–water partition coefficient (Wildman–Crippen LogP) is 2.20. The molecule has 0 aliphatic carbocycles. The van der Waals surface area contributed by atoms with E-state index < -0.39 is 0 Å². The fraction of sp³-hybridized carbons (Fsp3) is 0.333. The molecule has 78 valence electrons. The van der Waals surface area contributed by atoms with E-state index in [4.69, 9.17) is 0 Å². The first-order chi connectivity index (χ1) is 7.34. The van der Waals surface area contributed by atoms with Crippen LogP contribution in [0.5, 0.6) is 0 Å². The van der Waals surface area contributed by atoms with Crippen molar-refractivity contribution in [2.75, 3.05) is 18.4 Å². The Morgan fingerprint density at radius 1 is 1.33 bits per heavy atom. The summed E-state index contributed by atoms with van der Waals surface area (Å²) >= 11 is 0. The van der Waals surface area contributed by atoms with Gasteiger partial charge in [-0.2, -0.15) is 0 Å². The number of hydrogen-bond donors (Lipinski definition) is 2. The van der Waals surface area contributed by atoms with E-state index in [0.29, 0.717) is 5.92 Å². The molecule has 0 fully saturated rings. The minimum atomic E-state index is -0.164. The zero-order chi connectivity index (χ0) is 10.3. The molecule has 2 heterocycles. The second-order valence-electron chi connectivity index (χ2n) is 4.11. The Balaban J connectivity index is 2.12. The van der Waals surface area contributed by atoms with E-state index in [1.807, 2.05) is 12.3 Å². The van der Waals surface area contributed by atoms with Gasteiger partial charge in [-0.1, -0.05) is 0 Å². The molecule has 0 bridgehead atoms. The molecule has 3 rings (SSSR count). The maximum absolute atomic E-state index is 13.2. The van der Waals surface area contributed by atoms with Gasteiger partial charge in [0.25, 0.3) is 0 Å². The van der Waals surface area contributed by atoms with E-state index in [9.17, 15) is 4.39 Å². The van der Waals surface area contributed by atoms with Crippen LogP contribution in [0.2, 0.25) is 0 Å². The third-order valence-corrected chi connectivity index (χ3v) is 3.17. The van der Waals surface area contributed by atoms with Crippen molar-refractivity contribution in [3.63, 3.8) is 0 Å². The Kier molecular flexibility index (Phi) is 1.91. The van der Waals surface area contributed by atoms with Gasteiger partial charge >= 0.3 is 0 Å². The van der Waals surface area contributed by atoms with Gasteiger partial charge in [-0.25, -0.2) is 4.39 Å². The molecule has 1 atom stereocenters. The molecule has 0 aromatic heterocycles. The average molecular weight is 204 g/mol. The number of nitrogens with one attached hydrogen (secondary N) is 2. The van der Waals surface area contributed by atoms with E-state index in [1.54, 1.807) is 6.07 Å². The van der Waals surface area contributed by atoms with Crippen LogP contribution in [-0.4, -0.2) is 13.1 Å². The largest absolute Gasteiger partial charge is 0.391 e. The topological polar surface area (TPSA) is 24.1 Å². The molecule has 0 saturated heterocycles. The molecule has 2 aliphatic heterocycles. The monoisotopic (exact) mass is 204 g/mol. The number of fused-ring (bicyclic) bond motifs is 3. The number of anilines is 1. The Bertz CT molecular complexity index is 426. The highest BCUT2D eigenvalue weighted by Gasteiger charge is 2.25. The number of benzene rings is 1. The van der Waals surface area contributed by atoms with Crippen LogP contribution in [0.4, 0.5) is 10.1 Å². The van der Waals surface area contributed by atoms with E-state index in [0.717, 1.165) is 30.8 Å². The third-order valence-electron chi connectivity index (χ3n) is 3.17. The van der Waals surface area contributed by atoms with Crippen LogP contribution in [0, 0.1) is 11.7 Å². The fourth-order valence-corrected chi connectivity index (χ4v) is 2.37. The Morgan fingerprint density at radius 2 is 2.27 bits per heavy atom. The third kappa shape index (κ3) is 1.39. The highest BCUT2D eigenvalue weighted by atomic mass is 19.1. The highest BCUT2D eigenvalue weighted by Crippen LogP contribution is 2.37. The van der Waals surface area contributed by atoms with Gasteiger partial charge in [0.15, 0.2) is 0 Å². The Hall–Kier alpha value is -1.51. The molecule has 2 nitrogen and oxygen atoms in total. The Labute approximate surface area is 88.2 Å². The van der Waals surface area contributed by atoms with Crippen molar-refractivity contribution in [2.24, 2.45) is 5.92 Å². The molecule has 0 spiro atoms. The van der Waals surface area contributed by atoms with Crippen molar-refractivity contribution < 1.29 is 4.39 Å². The predicted molar refractivity (Wildman–Crippen MR) is 59.0 cm³/mol. The summed E-state index contributed by atoms with van der Waals surface area (Å²) in [7, 11) is 0. The van der Waals surface area contributed by atoms with Crippen LogP contribution >= 0.6 is 0 Å². The summed E-state index contributed by atoms with van der Waals surface area (Å²) in [5.74, 6) is 0.364. The lowest BCUT2D eigenvalue weighted by molar-refractivity contribution is 0.577. The minimum Gasteiger partial charge on any atom is -0.391 e. The highest BCUT2D eigenvalue weighted by molar-refractivity contribution is 5.80. The lowest BCUT2D eigenvalue weighted by atomic mass is 9.85. The second kappa shape index (κ2) is 3.26. The van der Waals surface area contributed by atoms with Crippen LogP contribution in [-0.2, 0) is 0 Å². The van der Waals surface area contributed by atoms with Crippen molar-refractivity contribution in [1.29, 1.82) is 0 Å². The summed E-state index contributed by atoms with van der Waals surface area (Å²) in [5, 5.41) is 6.59. The zero-order valence-electron chi connectivity index (χ0n) is 8.39. The number of halogens is 1. The molecule has 1 unspecified atom stereocenters. The summed E-state index contributed by atoms with van der Waals surface area (Å²) < 4.78 is 13.2. The number of rotatable bonds is 0. The molecule has 1 aromatic carbocycles. The summed E-state index contributed by atoms with van der Waals surface area (Å²) in [6, 6.07) is 4.94. The zero-order valence-corrected chi connectivity index (χ0v) is 8.39. The normalized spacial score (nSPS) is 23.0. The molecule has 0 saturated carbocycles. The van der Waals surface area contributed by atoms with Gasteiger partial charge < -0.3 is 10.6 Å². The lowest BCUT2D eigenvalue weighted by Gasteiger charge is -2.32. The van der Waals surface area contributed by atoms with Crippen molar-refractivity contribution in [3.8, 4) is 0 Å². The number of hydrogen-bond acceptors (Lipinski definition) is 2. The van der Waals surface area contributed by atoms with Gasteiger partial charge in [0, 0.05) is 36.5 Å². The lowest BCUT2D eigenvalue weighted by Crippen LogP contribution is -2.30. The van der Waals surface area contributed by atoms with Crippen LogP contribution in [0.3, 0.4) is 0 Å². The average Bonchev–Trinajstić information content (AvgIpc) is 2.29. The van der Waals surface area contributed by atoms with Crippen LogP contribution in [0.15, 0.2) is 24.4 Å². The van der Waals surface area contributed by atoms with Gasteiger partial charge in [0.2, 0.25) is 0 Å². The van der Waals surface area contributed by atoms with Crippen molar-refractivity contribution in [3.05, 3.63) is 35.8 Å². The molecular weight excluding hydrogens is 191 g/mol.